The number of halogens is 1. The topological polar surface area (TPSA) is 12.0 Å². The molecule has 1 heterocycles. The summed E-state index contributed by atoms with van der Waals surface area (Å²) in [6.07, 6.45) is 2.59. The minimum atomic E-state index is -1.16. The van der Waals surface area contributed by atoms with Crippen LogP contribution in [-0.2, 0) is 12.1 Å². The molecule has 1 atom stereocenters. The SMILES string of the molecule is CC(C)Cc1cccc(C2(F)CCCNC2)c1. The van der Waals surface area contributed by atoms with Gasteiger partial charge in [-0.25, -0.2) is 4.39 Å². The third kappa shape index (κ3) is 3.06. The van der Waals surface area contributed by atoms with Crippen LogP contribution in [0.2, 0.25) is 0 Å². The second-order valence-electron chi connectivity index (χ2n) is 5.54. The number of nitrogens with one attached hydrogen (secondary N) is 1. The lowest BCUT2D eigenvalue weighted by Crippen LogP contribution is -2.40. The highest BCUT2D eigenvalue weighted by Crippen LogP contribution is 2.33. The summed E-state index contributed by atoms with van der Waals surface area (Å²) in [6, 6.07) is 8.07. The van der Waals surface area contributed by atoms with E-state index in [1.54, 1.807) is 0 Å². The Kier molecular flexibility index (Phi) is 3.82. The van der Waals surface area contributed by atoms with Gasteiger partial charge in [-0.05, 0) is 42.9 Å². The van der Waals surface area contributed by atoms with Gasteiger partial charge in [0.05, 0.1) is 0 Å². The average Bonchev–Trinajstić information content (AvgIpc) is 2.29. The van der Waals surface area contributed by atoms with Gasteiger partial charge >= 0.3 is 0 Å². The Morgan fingerprint density at radius 3 is 2.88 bits per heavy atom. The van der Waals surface area contributed by atoms with E-state index in [1.807, 2.05) is 18.2 Å². The number of benzene rings is 1. The van der Waals surface area contributed by atoms with Gasteiger partial charge in [-0.3, -0.25) is 0 Å². The molecule has 1 unspecified atom stereocenters. The molecule has 2 heteroatoms. The van der Waals surface area contributed by atoms with E-state index in [1.165, 1.54) is 5.56 Å². The molecule has 0 saturated carbocycles. The summed E-state index contributed by atoms with van der Waals surface area (Å²) < 4.78 is 14.8. The van der Waals surface area contributed by atoms with Crippen molar-refractivity contribution in [1.29, 1.82) is 0 Å². The van der Waals surface area contributed by atoms with Gasteiger partial charge in [0.15, 0.2) is 0 Å². The Balaban J connectivity index is 2.19. The molecule has 0 amide bonds. The minimum Gasteiger partial charge on any atom is -0.313 e. The molecule has 1 N–H and O–H groups in total. The summed E-state index contributed by atoms with van der Waals surface area (Å²) in [6.45, 7) is 5.79. The first-order valence-electron chi connectivity index (χ1n) is 6.59. The Labute approximate surface area is 103 Å². The molecule has 1 aliphatic rings. The van der Waals surface area contributed by atoms with Crippen molar-refractivity contribution in [2.75, 3.05) is 13.1 Å². The first-order chi connectivity index (χ1) is 8.10. The maximum atomic E-state index is 14.8. The van der Waals surface area contributed by atoms with E-state index in [2.05, 4.69) is 25.2 Å². The highest BCUT2D eigenvalue weighted by molar-refractivity contribution is 5.29. The summed E-state index contributed by atoms with van der Waals surface area (Å²) >= 11 is 0. The van der Waals surface area contributed by atoms with E-state index >= 15 is 0 Å². The van der Waals surface area contributed by atoms with Crippen LogP contribution in [0.15, 0.2) is 24.3 Å². The lowest BCUT2D eigenvalue weighted by Gasteiger charge is -2.31. The van der Waals surface area contributed by atoms with E-state index in [0.29, 0.717) is 18.9 Å². The van der Waals surface area contributed by atoms with Crippen molar-refractivity contribution >= 4 is 0 Å². The fourth-order valence-corrected chi connectivity index (χ4v) is 2.56. The predicted octanol–water partition coefficient (Wildman–Crippen LogP) is 3.43. The molecular weight excluding hydrogens is 213 g/mol. The molecule has 2 rings (SSSR count). The van der Waals surface area contributed by atoms with Crippen LogP contribution in [0.3, 0.4) is 0 Å². The zero-order chi connectivity index (χ0) is 12.3. The fourth-order valence-electron chi connectivity index (χ4n) is 2.56. The van der Waals surface area contributed by atoms with Crippen LogP contribution in [0.4, 0.5) is 4.39 Å². The van der Waals surface area contributed by atoms with Crippen LogP contribution in [0.5, 0.6) is 0 Å². The number of hydrogen-bond acceptors (Lipinski definition) is 1. The molecule has 1 fully saturated rings. The molecular formula is C15H22FN. The molecule has 94 valence electrons. The highest BCUT2D eigenvalue weighted by atomic mass is 19.1. The first kappa shape index (κ1) is 12.6. The van der Waals surface area contributed by atoms with Crippen molar-refractivity contribution in [1.82, 2.24) is 5.32 Å². The van der Waals surface area contributed by atoms with Crippen LogP contribution in [0.1, 0.15) is 37.8 Å². The highest BCUT2D eigenvalue weighted by Gasteiger charge is 2.33. The van der Waals surface area contributed by atoms with Crippen LogP contribution >= 0.6 is 0 Å². The average molecular weight is 235 g/mol. The third-order valence-electron chi connectivity index (χ3n) is 3.42. The van der Waals surface area contributed by atoms with Gasteiger partial charge in [0.25, 0.3) is 0 Å². The number of hydrogen-bond donors (Lipinski definition) is 1. The lowest BCUT2D eigenvalue weighted by atomic mass is 9.87. The zero-order valence-electron chi connectivity index (χ0n) is 10.8. The maximum Gasteiger partial charge on any atom is 0.148 e. The van der Waals surface area contributed by atoms with Crippen molar-refractivity contribution in [3.63, 3.8) is 0 Å². The fraction of sp³-hybridized carbons (Fsp3) is 0.600. The van der Waals surface area contributed by atoms with Gasteiger partial charge in [-0.1, -0.05) is 38.1 Å². The van der Waals surface area contributed by atoms with Crippen molar-refractivity contribution in [2.24, 2.45) is 5.92 Å². The number of alkyl halides is 1. The summed E-state index contributed by atoms with van der Waals surface area (Å²) in [5, 5.41) is 3.16. The van der Waals surface area contributed by atoms with Crippen LogP contribution in [-0.4, -0.2) is 13.1 Å². The van der Waals surface area contributed by atoms with Crippen LogP contribution in [0, 0.1) is 5.92 Å². The monoisotopic (exact) mass is 235 g/mol. The summed E-state index contributed by atoms with van der Waals surface area (Å²) in [4.78, 5) is 0. The van der Waals surface area contributed by atoms with Crippen LogP contribution in [0.25, 0.3) is 0 Å². The predicted molar refractivity (Wildman–Crippen MR) is 69.9 cm³/mol. The second kappa shape index (κ2) is 5.18. The van der Waals surface area contributed by atoms with Crippen molar-refractivity contribution in [3.05, 3.63) is 35.4 Å². The molecule has 1 aliphatic heterocycles. The summed E-state index contributed by atoms with van der Waals surface area (Å²) in [5.41, 5.74) is 0.938. The lowest BCUT2D eigenvalue weighted by molar-refractivity contribution is 0.122. The summed E-state index contributed by atoms with van der Waals surface area (Å²) in [7, 11) is 0. The van der Waals surface area contributed by atoms with Gasteiger partial charge < -0.3 is 5.32 Å². The van der Waals surface area contributed by atoms with Crippen molar-refractivity contribution in [3.8, 4) is 0 Å². The van der Waals surface area contributed by atoms with E-state index < -0.39 is 5.67 Å². The van der Waals surface area contributed by atoms with Gasteiger partial charge in [0.1, 0.15) is 5.67 Å². The smallest absolute Gasteiger partial charge is 0.148 e. The van der Waals surface area contributed by atoms with E-state index in [-0.39, 0.29) is 0 Å². The van der Waals surface area contributed by atoms with Crippen molar-refractivity contribution < 1.29 is 4.39 Å². The molecule has 0 radical (unpaired) electrons. The molecule has 0 spiro atoms. The Bertz CT molecular complexity index is 367. The Morgan fingerprint density at radius 1 is 1.41 bits per heavy atom. The van der Waals surface area contributed by atoms with Crippen molar-refractivity contribution in [2.45, 2.75) is 38.8 Å². The van der Waals surface area contributed by atoms with Gasteiger partial charge in [-0.2, -0.15) is 0 Å². The van der Waals surface area contributed by atoms with E-state index in [4.69, 9.17) is 0 Å². The van der Waals surface area contributed by atoms with E-state index in [0.717, 1.165) is 24.9 Å². The Morgan fingerprint density at radius 2 is 2.24 bits per heavy atom. The molecule has 1 saturated heterocycles. The molecule has 1 aromatic rings. The standard InChI is InChI=1S/C15H22FN/c1-12(2)9-13-5-3-6-14(10-13)15(16)7-4-8-17-11-15/h3,5-6,10,12,17H,4,7-9,11H2,1-2H3. The van der Waals surface area contributed by atoms with Crippen LogP contribution < -0.4 is 5.32 Å². The van der Waals surface area contributed by atoms with Gasteiger partial charge in [-0.15, -0.1) is 0 Å². The second-order valence-corrected chi connectivity index (χ2v) is 5.54. The quantitative estimate of drug-likeness (QED) is 0.846. The van der Waals surface area contributed by atoms with Gasteiger partial charge in [0.2, 0.25) is 0 Å². The van der Waals surface area contributed by atoms with E-state index in [9.17, 15) is 4.39 Å². The molecule has 17 heavy (non-hydrogen) atoms. The Hall–Kier alpha value is -0.890. The minimum absolute atomic E-state index is 0.456. The molecule has 0 aromatic heterocycles. The summed E-state index contributed by atoms with van der Waals surface area (Å²) in [5.74, 6) is 0.616. The largest absolute Gasteiger partial charge is 0.313 e. The van der Waals surface area contributed by atoms with Gasteiger partial charge in [0, 0.05) is 6.54 Å². The molecule has 0 bridgehead atoms. The number of rotatable bonds is 3. The number of piperidine rings is 1. The zero-order valence-corrected chi connectivity index (χ0v) is 10.8. The normalized spacial score (nSPS) is 25.2. The first-order valence-corrected chi connectivity index (χ1v) is 6.59. The molecule has 1 nitrogen and oxygen atoms in total. The maximum absolute atomic E-state index is 14.8. The molecule has 0 aliphatic carbocycles. The third-order valence-corrected chi connectivity index (χ3v) is 3.42. The molecule has 1 aromatic carbocycles.